The summed E-state index contributed by atoms with van der Waals surface area (Å²) in [6.45, 7) is 0. The van der Waals surface area contributed by atoms with Crippen molar-refractivity contribution in [3.63, 3.8) is 0 Å². The first-order chi connectivity index (χ1) is 15.9. The van der Waals surface area contributed by atoms with Crippen LogP contribution in [0.25, 0.3) is 0 Å². The maximum absolute atomic E-state index is 13.2. The molecule has 0 fully saturated rings. The second-order valence-electron chi connectivity index (χ2n) is 7.10. The Hall–Kier alpha value is -3.56. The van der Waals surface area contributed by atoms with Gasteiger partial charge in [-0.2, -0.15) is 4.72 Å². The highest BCUT2D eigenvalue weighted by Crippen LogP contribution is 2.29. The molecule has 0 aliphatic rings. The highest BCUT2D eigenvalue weighted by molar-refractivity contribution is 7.89. The number of amides is 1. The van der Waals surface area contributed by atoms with Crippen LogP contribution in [0, 0.1) is 0 Å². The quantitative estimate of drug-likeness (QED) is 0.472. The summed E-state index contributed by atoms with van der Waals surface area (Å²) in [5.74, 6) is 0.725. The first kappa shape index (κ1) is 24.1. The second-order valence-corrected chi connectivity index (χ2v) is 8.82. The normalized spacial score (nSPS) is 12.0. The fraction of sp³-hybridized carbons (Fsp3) is 0.208. The molecule has 9 heteroatoms. The number of hydrogen-bond donors (Lipinski definition) is 2. The van der Waals surface area contributed by atoms with Crippen molar-refractivity contribution < 1.29 is 27.4 Å². The molecule has 3 aromatic rings. The topological polar surface area (TPSA) is 103 Å². The molecule has 0 aromatic heterocycles. The Balaban J connectivity index is 1.89. The summed E-state index contributed by atoms with van der Waals surface area (Å²) in [7, 11) is 0.345. The van der Waals surface area contributed by atoms with Gasteiger partial charge in [0.15, 0.2) is 11.5 Å². The third-order valence-electron chi connectivity index (χ3n) is 4.90. The smallest absolute Gasteiger partial charge is 0.242 e. The number of sulfonamides is 1. The molecule has 174 valence electrons. The predicted molar refractivity (Wildman–Crippen MR) is 125 cm³/mol. The zero-order valence-corrected chi connectivity index (χ0v) is 19.4. The first-order valence-corrected chi connectivity index (χ1v) is 11.6. The van der Waals surface area contributed by atoms with E-state index in [1.165, 1.54) is 39.5 Å². The van der Waals surface area contributed by atoms with E-state index in [1.54, 1.807) is 24.3 Å². The van der Waals surface area contributed by atoms with Gasteiger partial charge >= 0.3 is 0 Å². The van der Waals surface area contributed by atoms with Crippen LogP contribution in [0.4, 0.5) is 5.69 Å². The molecule has 8 nitrogen and oxygen atoms in total. The number of carbonyl (C=O) groups is 1. The average molecular weight is 471 g/mol. The fourth-order valence-electron chi connectivity index (χ4n) is 3.21. The van der Waals surface area contributed by atoms with Crippen LogP contribution in [-0.4, -0.2) is 41.7 Å². The van der Waals surface area contributed by atoms with E-state index in [9.17, 15) is 13.2 Å². The highest BCUT2D eigenvalue weighted by Gasteiger charge is 2.27. The van der Waals surface area contributed by atoms with Gasteiger partial charge in [0, 0.05) is 17.8 Å². The molecular formula is C24H26N2O6S. The van der Waals surface area contributed by atoms with Gasteiger partial charge in [0.2, 0.25) is 15.9 Å². The number of methoxy groups -OCH3 is 3. The maximum Gasteiger partial charge on any atom is 0.242 e. The molecule has 3 aromatic carbocycles. The molecule has 2 N–H and O–H groups in total. The molecule has 0 radical (unpaired) electrons. The minimum atomic E-state index is -4.06. The van der Waals surface area contributed by atoms with Crippen molar-refractivity contribution >= 4 is 21.6 Å². The van der Waals surface area contributed by atoms with Crippen LogP contribution in [0.15, 0.2) is 77.7 Å². The van der Waals surface area contributed by atoms with Gasteiger partial charge in [0.05, 0.1) is 26.2 Å². The number of nitrogens with one attached hydrogen (secondary N) is 2. The molecule has 0 saturated carbocycles. The van der Waals surface area contributed by atoms with E-state index in [0.29, 0.717) is 17.2 Å². The SMILES string of the molecule is COc1cccc(NC(=O)C(Cc2ccccc2)NS(=O)(=O)c2ccc(OC)c(OC)c2)c1. The Labute approximate surface area is 193 Å². The summed E-state index contributed by atoms with van der Waals surface area (Å²) in [5.41, 5.74) is 1.29. The molecule has 1 amide bonds. The standard InChI is InChI=1S/C24H26N2O6S/c1-30-19-11-7-10-18(15-19)25-24(27)21(14-17-8-5-4-6-9-17)26-33(28,29)20-12-13-22(31-2)23(16-20)32-3/h4-13,15-16,21,26H,14H2,1-3H3,(H,25,27). The van der Waals surface area contributed by atoms with E-state index in [4.69, 9.17) is 14.2 Å². The van der Waals surface area contributed by atoms with Crippen LogP contribution in [0.2, 0.25) is 0 Å². The van der Waals surface area contributed by atoms with Crippen molar-refractivity contribution in [1.82, 2.24) is 4.72 Å². The van der Waals surface area contributed by atoms with Gasteiger partial charge in [-0.05, 0) is 36.2 Å². The van der Waals surface area contributed by atoms with Crippen molar-refractivity contribution in [2.75, 3.05) is 26.6 Å². The van der Waals surface area contributed by atoms with Crippen molar-refractivity contribution in [2.24, 2.45) is 0 Å². The highest BCUT2D eigenvalue weighted by atomic mass is 32.2. The van der Waals surface area contributed by atoms with Gasteiger partial charge in [0.1, 0.15) is 11.8 Å². The van der Waals surface area contributed by atoms with E-state index in [1.807, 2.05) is 30.3 Å². The molecule has 33 heavy (non-hydrogen) atoms. The molecular weight excluding hydrogens is 444 g/mol. The molecule has 0 spiro atoms. The lowest BCUT2D eigenvalue weighted by Crippen LogP contribution is -2.45. The molecule has 0 saturated heterocycles. The zero-order chi connectivity index (χ0) is 23.8. The van der Waals surface area contributed by atoms with E-state index in [-0.39, 0.29) is 17.1 Å². The van der Waals surface area contributed by atoms with Crippen LogP contribution in [0.5, 0.6) is 17.2 Å². The minimum Gasteiger partial charge on any atom is -0.497 e. The van der Waals surface area contributed by atoms with Crippen molar-refractivity contribution in [2.45, 2.75) is 17.4 Å². The van der Waals surface area contributed by atoms with Crippen molar-refractivity contribution in [1.29, 1.82) is 0 Å². The Morgan fingerprint density at radius 2 is 1.58 bits per heavy atom. The van der Waals surface area contributed by atoms with Crippen LogP contribution >= 0.6 is 0 Å². The fourth-order valence-corrected chi connectivity index (χ4v) is 4.42. The summed E-state index contributed by atoms with van der Waals surface area (Å²) < 4.78 is 44.4. The van der Waals surface area contributed by atoms with Gasteiger partial charge in [-0.3, -0.25) is 4.79 Å². The number of carbonyl (C=O) groups excluding carboxylic acids is 1. The largest absolute Gasteiger partial charge is 0.497 e. The van der Waals surface area contributed by atoms with Crippen LogP contribution in [-0.2, 0) is 21.2 Å². The summed E-state index contributed by atoms with van der Waals surface area (Å²) in [4.78, 5) is 13.1. The molecule has 0 aliphatic carbocycles. The number of hydrogen-bond acceptors (Lipinski definition) is 6. The Bertz CT molecular complexity index is 1200. The molecule has 3 rings (SSSR count). The molecule has 1 atom stereocenters. The number of ether oxygens (including phenoxy) is 3. The van der Waals surface area contributed by atoms with Gasteiger partial charge in [-0.1, -0.05) is 36.4 Å². The van der Waals surface area contributed by atoms with Crippen LogP contribution in [0.1, 0.15) is 5.56 Å². The van der Waals surface area contributed by atoms with Crippen LogP contribution < -0.4 is 24.2 Å². The number of anilines is 1. The Morgan fingerprint density at radius 1 is 0.848 bits per heavy atom. The monoisotopic (exact) mass is 470 g/mol. The summed E-state index contributed by atoms with van der Waals surface area (Å²) >= 11 is 0. The third kappa shape index (κ3) is 6.24. The second kappa shape index (κ2) is 10.8. The van der Waals surface area contributed by atoms with E-state index in [2.05, 4.69) is 10.0 Å². The Morgan fingerprint density at radius 3 is 2.24 bits per heavy atom. The van der Waals surface area contributed by atoms with E-state index in [0.717, 1.165) is 5.56 Å². The lowest BCUT2D eigenvalue weighted by molar-refractivity contribution is -0.117. The van der Waals surface area contributed by atoms with Crippen LogP contribution in [0.3, 0.4) is 0 Å². The predicted octanol–water partition coefficient (Wildman–Crippen LogP) is 3.24. The maximum atomic E-state index is 13.2. The van der Waals surface area contributed by atoms with Gasteiger partial charge in [-0.25, -0.2) is 8.42 Å². The number of benzene rings is 3. The molecule has 1 unspecified atom stereocenters. The number of rotatable bonds is 10. The minimum absolute atomic E-state index is 0.0487. The Kier molecular flexibility index (Phi) is 7.92. The molecule has 0 bridgehead atoms. The van der Waals surface area contributed by atoms with Gasteiger partial charge < -0.3 is 19.5 Å². The average Bonchev–Trinajstić information content (AvgIpc) is 2.83. The van der Waals surface area contributed by atoms with E-state index < -0.39 is 22.0 Å². The van der Waals surface area contributed by atoms with E-state index >= 15 is 0 Å². The molecule has 0 heterocycles. The lowest BCUT2D eigenvalue weighted by Gasteiger charge is -2.19. The van der Waals surface area contributed by atoms with Gasteiger partial charge in [0.25, 0.3) is 0 Å². The molecule has 0 aliphatic heterocycles. The summed E-state index contributed by atoms with van der Waals surface area (Å²) in [5, 5.41) is 2.76. The van der Waals surface area contributed by atoms with Crippen molar-refractivity contribution in [3.8, 4) is 17.2 Å². The summed E-state index contributed by atoms with van der Waals surface area (Å²) in [6, 6.07) is 19.2. The van der Waals surface area contributed by atoms with Gasteiger partial charge in [-0.15, -0.1) is 0 Å². The summed E-state index contributed by atoms with van der Waals surface area (Å²) in [6.07, 6.45) is 0.156. The first-order valence-electron chi connectivity index (χ1n) is 10.1. The zero-order valence-electron chi connectivity index (χ0n) is 18.6. The lowest BCUT2D eigenvalue weighted by atomic mass is 10.1. The van der Waals surface area contributed by atoms with Crippen molar-refractivity contribution in [3.05, 3.63) is 78.4 Å². The third-order valence-corrected chi connectivity index (χ3v) is 6.37.